The summed E-state index contributed by atoms with van der Waals surface area (Å²) in [5.41, 5.74) is 0.991. The first kappa shape index (κ1) is 25.2. The number of likely N-dealkylation sites (tertiary alicyclic amines) is 1. The number of benzene rings is 3. The fraction of sp³-hybridized carbons (Fsp3) is 0.333. The largest absolute Gasteiger partial charge is 0.497 e. The van der Waals surface area contributed by atoms with Crippen molar-refractivity contribution in [2.45, 2.75) is 19.3 Å². The molecule has 3 aromatic carbocycles. The Hall–Kier alpha value is -3.42. The summed E-state index contributed by atoms with van der Waals surface area (Å²) in [5.74, 6) is 4.57. The second-order valence-corrected chi connectivity index (χ2v) is 10.1. The average molecular weight is 520 g/mol. The molecule has 0 amide bonds. The second kappa shape index (κ2) is 11.8. The maximum absolute atomic E-state index is 6.51. The van der Waals surface area contributed by atoms with E-state index in [9.17, 15) is 0 Å². The molecule has 194 valence electrons. The van der Waals surface area contributed by atoms with E-state index in [-0.39, 0.29) is 0 Å². The van der Waals surface area contributed by atoms with Gasteiger partial charge in [0.15, 0.2) is 17.2 Å². The molecule has 0 atom stereocenters. The average Bonchev–Trinajstić information content (AvgIpc) is 3.31. The van der Waals surface area contributed by atoms with Gasteiger partial charge >= 0.3 is 0 Å². The lowest BCUT2D eigenvalue weighted by atomic mass is 10.1. The number of ether oxygens (including phenoxy) is 5. The third kappa shape index (κ3) is 5.78. The van der Waals surface area contributed by atoms with Crippen molar-refractivity contribution in [1.29, 1.82) is 0 Å². The van der Waals surface area contributed by atoms with E-state index in [0.717, 1.165) is 50.1 Å². The van der Waals surface area contributed by atoms with Crippen LogP contribution in [0, 0.1) is 0 Å². The van der Waals surface area contributed by atoms with Gasteiger partial charge in [-0.3, -0.25) is 4.90 Å². The van der Waals surface area contributed by atoms with E-state index < -0.39 is 0 Å². The number of piperidine rings is 1. The molecule has 1 aromatic heterocycles. The van der Waals surface area contributed by atoms with Crippen molar-refractivity contribution in [2.75, 3.05) is 47.6 Å². The lowest BCUT2D eigenvalue weighted by Gasteiger charge is -2.26. The standard InChI is InChI=1S/C30H33NO5S/c1-32-24-12-13-25-28(20-24)37-30(21-7-14-26(33-2)27(19-21)34-3)29(25)36-23-10-8-22(9-11-23)35-18-17-31-15-5-4-6-16-31/h7-14,19-20H,4-6,15-18H2,1-3H3. The molecule has 0 spiro atoms. The Balaban J connectivity index is 1.39. The lowest BCUT2D eigenvalue weighted by Crippen LogP contribution is -2.33. The highest BCUT2D eigenvalue weighted by molar-refractivity contribution is 7.22. The smallest absolute Gasteiger partial charge is 0.161 e. The highest BCUT2D eigenvalue weighted by Crippen LogP contribution is 2.48. The van der Waals surface area contributed by atoms with Gasteiger partial charge in [0.2, 0.25) is 0 Å². The summed E-state index contributed by atoms with van der Waals surface area (Å²) in [6.45, 7) is 4.02. The summed E-state index contributed by atoms with van der Waals surface area (Å²) >= 11 is 1.66. The van der Waals surface area contributed by atoms with Crippen molar-refractivity contribution in [3.05, 3.63) is 60.7 Å². The summed E-state index contributed by atoms with van der Waals surface area (Å²) < 4.78 is 30.0. The molecule has 6 nitrogen and oxygen atoms in total. The van der Waals surface area contributed by atoms with Gasteiger partial charge in [-0.05, 0) is 92.2 Å². The molecular formula is C30H33NO5S. The van der Waals surface area contributed by atoms with Crippen molar-refractivity contribution in [3.63, 3.8) is 0 Å². The maximum atomic E-state index is 6.51. The van der Waals surface area contributed by atoms with E-state index in [1.807, 2.05) is 60.7 Å². The number of nitrogens with zero attached hydrogens (tertiary/aromatic N) is 1. The van der Waals surface area contributed by atoms with Crippen LogP contribution in [0.3, 0.4) is 0 Å². The molecule has 0 radical (unpaired) electrons. The van der Waals surface area contributed by atoms with E-state index in [0.29, 0.717) is 18.1 Å². The minimum atomic E-state index is 0.673. The van der Waals surface area contributed by atoms with Gasteiger partial charge in [0, 0.05) is 16.6 Å². The lowest BCUT2D eigenvalue weighted by molar-refractivity contribution is 0.183. The van der Waals surface area contributed by atoms with Crippen LogP contribution in [-0.2, 0) is 0 Å². The number of rotatable bonds is 10. The predicted octanol–water partition coefficient (Wildman–Crippen LogP) is 7.25. The zero-order chi connectivity index (χ0) is 25.6. The molecule has 5 rings (SSSR count). The molecular weight excluding hydrogens is 486 g/mol. The van der Waals surface area contributed by atoms with Crippen LogP contribution in [0.5, 0.6) is 34.5 Å². The van der Waals surface area contributed by atoms with Crippen LogP contribution in [0.4, 0.5) is 0 Å². The van der Waals surface area contributed by atoms with Gasteiger partial charge in [0.25, 0.3) is 0 Å². The number of hydrogen-bond acceptors (Lipinski definition) is 7. The third-order valence-corrected chi connectivity index (χ3v) is 7.85. The maximum Gasteiger partial charge on any atom is 0.161 e. The second-order valence-electron chi connectivity index (χ2n) is 9.02. The summed E-state index contributed by atoms with van der Waals surface area (Å²) in [5, 5.41) is 1.03. The third-order valence-electron chi connectivity index (χ3n) is 6.67. The summed E-state index contributed by atoms with van der Waals surface area (Å²) in [6.07, 6.45) is 3.93. The molecule has 0 bridgehead atoms. The molecule has 1 saturated heterocycles. The minimum Gasteiger partial charge on any atom is -0.497 e. The monoisotopic (exact) mass is 519 g/mol. The Morgan fingerprint density at radius 1 is 0.730 bits per heavy atom. The van der Waals surface area contributed by atoms with E-state index in [1.54, 1.807) is 32.7 Å². The van der Waals surface area contributed by atoms with Crippen molar-refractivity contribution in [1.82, 2.24) is 4.90 Å². The molecule has 4 aromatic rings. The highest BCUT2D eigenvalue weighted by Gasteiger charge is 2.19. The summed E-state index contributed by atoms with van der Waals surface area (Å²) in [4.78, 5) is 3.49. The summed E-state index contributed by atoms with van der Waals surface area (Å²) in [7, 11) is 4.96. The molecule has 1 aliphatic rings. The van der Waals surface area contributed by atoms with Gasteiger partial charge in [0.1, 0.15) is 23.9 Å². The SMILES string of the molecule is COc1ccc2c(Oc3ccc(OCCN4CCCCC4)cc3)c(-c3ccc(OC)c(OC)c3)sc2c1. The molecule has 0 saturated carbocycles. The predicted molar refractivity (Wildman–Crippen MR) is 149 cm³/mol. The Morgan fingerprint density at radius 3 is 2.19 bits per heavy atom. The molecule has 0 aliphatic carbocycles. The Kier molecular flexibility index (Phi) is 8.02. The zero-order valence-electron chi connectivity index (χ0n) is 21.6. The van der Waals surface area contributed by atoms with Gasteiger partial charge in [-0.25, -0.2) is 0 Å². The quantitative estimate of drug-likeness (QED) is 0.220. The first-order valence-electron chi connectivity index (χ1n) is 12.6. The van der Waals surface area contributed by atoms with Crippen molar-refractivity contribution in [2.24, 2.45) is 0 Å². The van der Waals surface area contributed by atoms with Gasteiger partial charge in [0.05, 0.1) is 26.2 Å². The van der Waals surface area contributed by atoms with Crippen LogP contribution in [0.25, 0.3) is 20.5 Å². The minimum absolute atomic E-state index is 0.673. The first-order valence-corrected chi connectivity index (χ1v) is 13.5. The number of fused-ring (bicyclic) bond motifs is 1. The number of methoxy groups -OCH3 is 3. The molecule has 37 heavy (non-hydrogen) atoms. The Bertz CT molecular complexity index is 1330. The fourth-order valence-corrected chi connectivity index (χ4v) is 5.80. The van der Waals surface area contributed by atoms with Crippen LogP contribution < -0.4 is 23.7 Å². The molecule has 0 unspecified atom stereocenters. The zero-order valence-corrected chi connectivity index (χ0v) is 22.4. The van der Waals surface area contributed by atoms with Gasteiger partial charge in [-0.15, -0.1) is 11.3 Å². The van der Waals surface area contributed by atoms with Crippen molar-refractivity contribution >= 4 is 21.4 Å². The van der Waals surface area contributed by atoms with Crippen molar-refractivity contribution in [3.8, 4) is 44.9 Å². The van der Waals surface area contributed by atoms with Gasteiger partial charge in [-0.1, -0.05) is 6.42 Å². The topological polar surface area (TPSA) is 49.4 Å². The van der Waals surface area contributed by atoms with Gasteiger partial charge < -0.3 is 23.7 Å². The molecule has 2 heterocycles. The Labute approximate surface area is 222 Å². The molecule has 0 N–H and O–H groups in total. The van der Waals surface area contributed by atoms with Crippen LogP contribution in [0.15, 0.2) is 60.7 Å². The normalized spacial score (nSPS) is 13.9. The van der Waals surface area contributed by atoms with Crippen LogP contribution in [-0.4, -0.2) is 52.5 Å². The van der Waals surface area contributed by atoms with E-state index in [2.05, 4.69) is 4.90 Å². The van der Waals surface area contributed by atoms with Crippen LogP contribution in [0.2, 0.25) is 0 Å². The summed E-state index contributed by atoms with van der Waals surface area (Å²) in [6, 6.07) is 19.8. The number of hydrogen-bond donors (Lipinski definition) is 0. The first-order chi connectivity index (χ1) is 18.2. The van der Waals surface area contributed by atoms with Crippen molar-refractivity contribution < 1.29 is 23.7 Å². The number of thiophene rings is 1. The molecule has 1 aliphatic heterocycles. The van der Waals surface area contributed by atoms with E-state index in [1.165, 1.54) is 32.4 Å². The fourth-order valence-electron chi connectivity index (χ4n) is 4.65. The molecule has 7 heteroatoms. The molecule has 1 fully saturated rings. The van der Waals surface area contributed by atoms with E-state index >= 15 is 0 Å². The highest BCUT2D eigenvalue weighted by atomic mass is 32.1. The Morgan fingerprint density at radius 2 is 1.46 bits per heavy atom. The van der Waals surface area contributed by atoms with Gasteiger partial charge in [-0.2, -0.15) is 0 Å². The van der Waals surface area contributed by atoms with Crippen LogP contribution >= 0.6 is 11.3 Å². The van der Waals surface area contributed by atoms with E-state index in [4.69, 9.17) is 23.7 Å². The van der Waals surface area contributed by atoms with Crippen LogP contribution in [0.1, 0.15) is 19.3 Å².